The van der Waals surface area contributed by atoms with E-state index in [2.05, 4.69) is 20.6 Å². The Kier molecular flexibility index (Phi) is 10.8. The maximum Gasteiger partial charge on any atom is 0.434 e. The molecule has 2 rings (SSSR count). The highest BCUT2D eigenvalue weighted by molar-refractivity contribution is 14.0. The Morgan fingerprint density at radius 2 is 1.93 bits per heavy atom. The first kappa shape index (κ1) is 24.6. The van der Waals surface area contributed by atoms with E-state index in [4.69, 9.17) is 4.74 Å². The molecule has 1 aromatic heterocycles. The van der Waals surface area contributed by atoms with Crippen LogP contribution in [0.3, 0.4) is 0 Å². The van der Waals surface area contributed by atoms with Crippen LogP contribution in [0.4, 0.5) is 13.2 Å². The van der Waals surface area contributed by atoms with Crippen LogP contribution >= 0.6 is 35.3 Å². The van der Waals surface area contributed by atoms with Crippen LogP contribution in [0, 0.1) is 0 Å². The normalized spacial score (nSPS) is 11.8. The second-order valence-corrected chi connectivity index (χ2v) is 6.58. The first-order valence-electron chi connectivity index (χ1n) is 8.54. The van der Waals surface area contributed by atoms with Gasteiger partial charge in [-0.05, 0) is 18.1 Å². The number of rotatable bonds is 8. The van der Waals surface area contributed by atoms with Gasteiger partial charge in [-0.25, -0.2) is 4.98 Å². The number of guanidine groups is 1. The first-order chi connectivity index (χ1) is 12.9. The van der Waals surface area contributed by atoms with Gasteiger partial charge in [0.05, 0.1) is 11.6 Å². The molecular formula is C18H24F3IN4OS. The molecule has 2 aromatic rings. The van der Waals surface area contributed by atoms with E-state index in [-0.39, 0.29) is 24.0 Å². The fraction of sp³-hybridized carbons (Fsp3) is 0.444. The Hall–Kier alpha value is -1.40. The predicted octanol–water partition coefficient (Wildman–Crippen LogP) is 4.22. The number of nitrogens with zero attached hydrogens (tertiary/aromatic N) is 2. The number of halogens is 4. The molecule has 0 bridgehead atoms. The Balaban J connectivity index is 0.00000392. The third-order valence-corrected chi connectivity index (χ3v) is 4.63. The summed E-state index contributed by atoms with van der Waals surface area (Å²) in [5.41, 5.74) is 1.37. The van der Waals surface area contributed by atoms with Crippen LogP contribution in [-0.2, 0) is 30.5 Å². The topological polar surface area (TPSA) is 58.5 Å². The summed E-state index contributed by atoms with van der Waals surface area (Å²) < 4.78 is 43.2. The lowest BCUT2D eigenvalue weighted by Gasteiger charge is -2.14. The lowest BCUT2D eigenvalue weighted by atomic mass is 10.1. The largest absolute Gasteiger partial charge is 0.434 e. The maximum absolute atomic E-state index is 12.6. The number of hydrogen-bond donors (Lipinski definition) is 2. The number of ether oxygens (including phenoxy) is 1. The van der Waals surface area contributed by atoms with E-state index < -0.39 is 11.9 Å². The van der Waals surface area contributed by atoms with Crippen molar-refractivity contribution < 1.29 is 17.9 Å². The SMILES string of the molecule is CCOCc1ccccc1CNC(=NC)NCCc1nc(C(F)(F)F)cs1.I. The van der Waals surface area contributed by atoms with Crippen LogP contribution < -0.4 is 10.6 Å². The van der Waals surface area contributed by atoms with Gasteiger partial charge < -0.3 is 15.4 Å². The number of benzene rings is 1. The number of hydrogen-bond acceptors (Lipinski definition) is 4. The van der Waals surface area contributed by atoms with E-state index in [0.29, 0.717) is 43.7 Å². The van der Waals surface area contributed by atoms with Crippen LogP contribution in [0.15, 0.2) is 34.6 Å². The summed E-state index contributed by atoms with van der Waals surface area (Å²) in [6.07, 6.45) is -4.00. The fourth-order valence-electron chi connectivity index (χ4n) is 2.33. The van der Waals surface area contributed by atoms with Gasteiger partial charge in [-0.1, -0.05) is 24.3 Å². The Bertz CT molecular complexity index is 752. The summed E-state index contributed by atoms with van der Waals surface area (Å²) >= 11 is 1.01. The van der Waals surface area contributed by atoms with Gasteiger partial charge in [-0.3, -0.25) is 4.99 Å². The molecule has 0 saturated carbocycles. The lowest BCUT2D eigenvalue weighted by molar-refractivity contribution is -0.140. The first-order valence-corrected chi connectivity index (χ1v) is 9.42. The van der Waals surface area contributed by atoms with Gasteiger partial charge in [0.25, 0.3) is 0 Å². The average molecular weight is 528 g/mol. The number of thiazole rings is 1. The van der Waals surface area contributed by atoms with E-state index in [9.17, 15) is 13.2 Å². The zero-order valence-electron chi connectivity index (χ0n) is 15.7. The lowest BCUT2D eigenvalue weighted by Crippen LogP contribution is -2.38. The Labute approximate surface area is 183 Å². The summed E-state index contributed by atoms with van der Waals surface area (Å²) in [4.78, 5) is 7.75. The van der Waals surface area contributed by atoms with Crippen molar-refractivity contribution in [3.05, 3.63) is 51.5 Å². The summed E-state index contributed by atoms with van der Waals surface area (Å²) in [5, 5.41) is 7.77. The number of alkyl halides is 3. The number of aliphatic imine (C=N–C) groups is 1. The molecule has 0 unspecified atom stereocenters. The van der Waals surface area contributed by atoms with Crippen LogP contribution in [0.5, 0.6) is 0 Å². The summed E-state index contributed by atoms with van der Waals surface area (Å²) in [6, 6.07) is 7.96. The van der Waals surface area contributed by atoms with Crippen LogP contribution in [0.1, 0.15) is 28.8 Å². The van der Waals surface area contributed by atoms with Crippen LogP contribution in [0.25, 0.3) is 0 Å². The Morgan fingerprint density at radius 3 is 2.54 bits per heavy atom. The molecule has 0 radical (unpaired) electrons. The molecule has 0 aliphatic heterocycles. The minimum absolute atomic E-state index is 0. The zero-order chi connectivity index (χ0) is 19.7. The molecule has 10 heteroatoms. The van der Waals surface area contributed by atoms with Gasteiger partial charge in [-0.15, -0.1) is 35.3 Å². The number of nitrogens with one attached hydrogen (secondary N) is 2. The van der Waals surface area contributed by atoms with Gasteiger partial charge in [0.2, 0.25) is 0 Å². The van der Waals surface area contributed by atoms with Crippen LogP contribution in [0.2, 0.25) is 0 Å². The fourth-order valence-corrected chi connectivity index (χ4v) is 3.13. The zero-order valence-corrected chi connectivity index (χ0v) is 18.8. The monoisotopic (exact) mass is 528 g/mol. The van der Waals surface area contributed by atoms with Crippen molar-refractivity contribution in [1.29, 1.82) is 0 Å². The molecule has 5 nitrogen and oxygen atoms in total. The van der Waals surface area contributed by atoms with Gasteiger partial charge >= 0.3 is 6.18 Å². The number of aromatic nitrogens is 1. The highest BCUT2D eigenvalue weighted by Crippen LogP contribution is 2.29. The van der Waals surface area contributed by atoms with Gasteiger partial charge in [0, 0.05) is 38.5 Å². The van der Waals surface area contributed by atoms with Crippen molar-refractivity contribution >= 4 is 41.3 Å². The van der Waals surface area contributed by atoms with E-state index >= 15 is 0 Å². The van der Waals surface area contributed by atoms with Crippen molar-refractivity contribution in [2.45, 2.75) is 32.7 Å². The van der Waals surface area contributed by atoms with Gasteiger partial charge in [0.1, 0.15) is 0 Å². The summed E-state index contributed by atoms with van der Waals surface area (Å²) in [6.45, 7) is 4.15. The minimum atomic E-state index is -4.39. The highest BCUT2D eigenvalue weighted by Gasteiger charge is 2.33. The summed E-state index contributed by atoms with van der Waals surface area (Å²) in [5.74, 6) is 0.578. The van der Waals surface area contributed by atoms with Crippen molar-refractivity contribution in [3.8, 4) is 0 Å². The minimum Gasteiger partial charge on any atom is -0.377 e. The molecule has 1 aromatic carbocycles. The van der Waals surface area contributed by atoms with Crippen LogP contribution in [-0.4, -0.2) is 31.1 Å². The molecule has 2 N–H and O–H groups in total. The predicted molar refractivity (Wildman–Crippen MR) is 116 cm³/mol. The standard InChI is InChI=1S/C18H23F3N4OS.HI/c1-3-26-11-14-7-5-4-6-13(14)10-24-17(22-2)23-9-8-16-25-15(12-27-16)18(19,20)21;/h4-7,12H,3,8-11H2,1-2H3,(H2,22,23,24);1H. The molecule has 0 atom stereocenters. The molecular weight excluding hydrogens is 504 g/mol. The van der Waals surface area contributed by atoms with Gasteiger partial charge in [0.15, 0.2) is 11.7 Å². The van der Waals surface area contributed by atoms with Crippen molar-refractivity contribution in [2.75, 3.05) is 20.2 Å². The molecule has 0 amide bonds. The molecule has 1 heterocycles. The molecule has 0 saturated heterocycles. The van der Waals surface area contributed by atoms with Crippen molar-refractivity contribution in [1.82, 2.24) is 15.6 Å². The molecule has 28 heavy (non-hydrogen) atoms. The third kappa shape index (κ3) is 7.92. The van der Waals surface area contributed by atoms with Crippen molar-refractivity contribution in [3.63, 3.8) is 0 Å². The van der Waals surface area contributed by atoms with E-state index in [1.807, 2.05) is 31.2 Å². The van der Waals surface area contributed by atoms with E-state index in [1.54, 1.807) is 7.05 Å². The van der Waals surface area contributed by atoms with Gasteiger partial charge in [-0.2, -0.15) is 13.2 Å². The molecule has 0 aliphatic rings. The van der Waals surface area contributed by atoms with E-state index in [1.165, 1.54) is 0 Å². The average Bonchev–Trinajstić information content (AvgIpc) is 3.13. The smallest absolute Gasteiger partial charge is 0.377 e. The van der Waals surface area contributed by atoms with E-state index in [0.717, 1.165) is 27.8 Å². The second kappa shape index (κ2) is 12.2. The van der Waals surface area contributed by atoms with Crippen molar-refractivity contribution in [2.24, 2.45) is 4.99 Å². The second-order valence-electron chi connectivity index (χ2n) is 5.63. The Morgan fingerprint density at radius 1 is 1.21 bits per heavy atom. The molecule has 0 fully saturated rings. The molecule has 0 spiro atoms. The highest BCUT2D eigenvalue weighted by atomic mass is 127. The molecule has 156 valence electrons. The molecule has 0 aliphatic carbocycles. The summed E-state index contributed by atoms with van der Waals surface area (Å²) in [7, 11) is 1.65. The maximum atomic E-state index is 12.6. The quantitative estimate of drug-likeness (QED) is 0.306. The third-order valence-electron chi connectivity index (χ3n) is 3.72.